The second-order valence-corrected chi connectivity index (χ2v) is 7.07. The summed E-state index contributed by atoms with van der Waals surface area (Å²) in [6, 6.07) is 14.6. The lowest BCUT2D eigenvalue weighted by molar-refractivity contribution is 0.0936. The fourth-order valence-corrected chi connectivity index (χ4v) is 2.94. The Morgan fingerprint density at radius 1 is 0.926 bits per heavy atom. The summed E-state index contributed by atoms with van der Waals surface area (Å²) in [5.41, 5.74) is 2.73. The predicted octanol–water partition coefficient (Wildman–Crippen LogP) is 5.34. The molecule has 2 rings (SSSR count). The summed E-state index contributed by atoms with van der Waals surface area (Å²) in [5, 5.41) is 5.96. The number of benzene rings is 2. The Balaban J connectivity index is 1.99. The van der Waals surface area contributed by atoms with Crippen LogP contribution in [0.4, 0.5) is 5.69 Å². The quantitative estimate of drug-likeness (QED) is 0.589. The van der Waals surface area contributed by atoms with E-state index < -0.39 is 0 Å². The molecule has 144 valence electrons. The highest BCUT2D eigenvalue weighted by molar-refractivity contribution is 6.05. The van der Waals surface area contributed by atoms with E-state index in [1.54, 1.807) is 24.3 Å². The molecule has 0 saturated carbocycles. The lowest BCUT2D eigenvalue weighted by atomic mass is 10.1. The Bertz CT molecular complexity index is 756. The first-order chi connectivity index (χ1) is 13.0. The van der Waals surface area contributed by atoms with Crippen molar-refractivity contribution in [1.29, 1.82) is 0 Å². The highest BCUT2D eigenvalue weighted by atomic mass is 16.2. The van der Waals surface area contributed by atoms with Gasteiger partial charge < -0.3 is 10.6 Å². The van der Waals surface area contributed by atoms with Crippen molar-refractivity contribution in [3.8, 4) is 0 Å². The van der Waals surface area contributed by atoms with Crippen molar-refractivity contribution in [2.45, 2.75) is 58.9 Å². The van der Waals surface area contributed by atoms with Crippen LogP contribution < -0.4 is 10.6 Å². The molecule has 0 aromatic heterocycles. The SMILES string of the molecule is CCCCCCC(C)NC(=O)c1ccc(C)c(NC(=O)c2ccccc2)c1. The smallest absolute Gasteiger partial charge is 0.255 e. The van der Waals surface area contributed by atoms with Gasteiger partial charge in [0.05, 0.1) is 0 Å². The summed E-state index contributed by atoms with van der Waals surface area (Å²) < 4.78 is 0. The van der Waals surface area contributed by atoms with Crippen LogP contribution in [0, 0.1) is 6.92 Å². The summed E-state index contributed by atoms with van der Waals surface area (Å²) in [6.45, 7) is 6.14. The van der Waals surface area contributed by atoms with Gasteiger partial charge in [0.2, 0.25) is 0 Å². The molecule has 27 heavy (non-hydrogen) atoms. The van der Waals surface area contributed by atoms with Crippen LogP contribution in [0.25, 0.3) is 0 Å². The molecule has 0 aliphatic rings. The van der Waals surface area contributed by atoms with Gasteiger partial charge >= 0.3 is 0 Å². The van der Waals surface area contributed by atoms with Gasteiger partial charge in [-0.3, -0.25) is 9.59 Å². The van der Waals surface area contributed by atoms with Crippen LogP contribution in [-0.4, -0.2) is 17.9 Å². The van der Waals surface area contributed by atoms with E-state index in [4.69, 9.17) is 0 Å². The molecular weight excluding hydrogens is 336 g/mol. The molecule has 0 saturated heterocycles. The van der Waals surface area contributed by atoms with E-state index in [-0.39, 0.29) is 17.9 Å². The molecule has 4 nitrogen and oxygen atoms in total. The van der Waals surface area contributed by atoms with Gasteiger partial charge in [0, 0.05) is 22.9 Å². The van der Waals surface area contributed by atoms with E-state index >= 15 is 0 Å². The van der Waals surface area contributed by atoms with Gasteiger partial charge in [-0.1, -0.05) is 56.9 Å². The minimum Gasteiger partial charge on any atom is -0.350 e. The van der Waals surface area contributed by atoms with Gasteiger partial charge in [-0.15, -0.1) is 0 Å². The first kappa shape index (κ1) is 20.7. The Kier molecular flexibility index (Phi) is 8.05. The highest BCUT2D eigenvalue weighted by Gasteiger charge is 2.13. The number of unbranched alkanes of at least 4 members (excludes halogenated alkanes) is 3. The van der Waals surface area contributed by atoms with E-state index in [2.05, 4.69) is 17.6 Å². The maximum atomic E-state index is 12.5. The normalized spacial score (nSPS) is 11.7. The molecule has 0 bridgehead atoms. The van der Waals surface area contributed by atoms with E-state index in [1.165, 1.54) is 19.3 Å². The molecule has 0 heterocycles. The number of carbonyl (C=O) groups is 2. The van der Waals surface area contributed by atoms with Gasteiger partial charge in [0.15, 0.2) is 0 Å². The van der Waals surface area contributed by atoms with E-state index in [1.807, 2.05) is 38.1 Å². The fraction of sp³-hybridized carbons (Fsp3) is 0.391. The summed E-state index contributed by atoms with van der Waals surface area (Å²) in [5.74, 6) is -0.284. The first-order valence-electron chi connectivity index (χ1n) is 9.79. The maximum Gasteiger partial charge on any atom is 0.255 e. The second-order valence-electron chi connectivity index (χ2n) is 7.07. The largest absolute Gasteiger partial charge is 0.350 e. The third-order valence-electron chi connectivity index (χ3n) is 4.65. The molecular formula is C23H30N2O2. The van der Waals surface area contributed by atoms with Crippen LogP contribution >= 0.6 is 0 Å². The third kappa shape index (κ3) is 6.55. The lowest BCUT2D eigenvalue weighted by Crippen LogP contribution is -2.32. The van der Waals surface area contributed by atoms with Gasteiger partial charge in [0.25, 0.3) is 11.8 Å². The standard InChI is InChI=1S/C23H30N2O2/c1-4-5-6-8-11-18(3)24-23(27)20-15-14-17(2)21(16-20)25-22(26)19-12-9-7-10-13-19/h7,9-10,12-16,18H,4-6,8,11H2,1-3H3,(H,24,27)(H,25,26). The van der Waals surface area contributed by atoms with Crippen molar-refractivity contribution >= 4 is 17.5 Å². The summed E-state index contributed by atoms with van der Waals surface area (Å²) in [7, 11) is 0. The van der Waals surface area contributed by atoms with Gasteiger partial charge in [-0.05, 0) is 50.1 Å². The Morgan fingerprint density at radius 3 is 2.37 bits per heavy atom. The Morgan fingerprint density at radius 2 is 1.67 bits per heavy atom. The maximum absolute atomic E-state index is 12.5. The number of carbonyl (C=O) groups excluding carboxylic acids is 2. The van der Waals surface area contributed by atoms with E-state index in [0.717, 1.165) is 18.4 Å². The van der Waals surface area contributed by atoms with Crippen molar-refractivity contribution in [1.82, 2.24) is 5.32 Å². The molecule has 1 atom stereocenters. The van der Waals surface area contributed by atoms with Crippen molar-refractivity contribution < 1.29 is 9.59 Å². The molecule has 0 spiro atoms. The molecule has 2 N–H and O–H groups in total. The highest BCUT2D eigenvalue weighted by Crippen LogP contribution is 2.18. The number of rotatable bonds is 9. The first-order valence-corrected chi connectivity index (χ1v) is 9.79. The molecule has 2 amide bonds. The number of hydrogen-bond donors (Lipinski definition) is 2. The zero-order chi connectivity index (χ0) is 19.6. The summed E-state index contributed by atoms with van der Waals surface area (Å²) in [4.78, 5) is 24.9. The van der Waals surface area contributed by atoms with E-state index in [9.17, 15) is 9.59 Å². The summed E-state index contributed by atoms with van der Waals surface area (Å²) in [6.07, 6.45) is 5.76. The molecule has 1 unspecified atom stereocenters. The average molecular weight is 367 g/mol. The lowest BCUT2D eigenvalue weighted by Gasteiger charge is -2.15. The van der Waals surface area contributed by atoms with Crippen LogP contribution in [0.1, 0.15) is 72.2 Å². The third-order valence-corrected chi connectivity index (χ3v) is 4.65. The molecule has 2 aromatic rings. The Hall–Kier alpha value is -2.62. The van der Waals surface area contributed by atoms with Crippen LogP contribution in [-0.2, 0) is 0 Å². The van der Waals surface area contributed by atoms with Crippen LogP contribution in [0.5, 0.6) is 0 Å². The second kappa shape index (κ2) is 10.5. The number of anilines is 1. The average Bonchev–Trinajstić information content (AvgIpc) is 2.67. The zero-order valence-electron chi connectivity index (χ0n) is 16.5. The topological polar surface area (TPSA) is 58.2 Å². The van der Waals surface area contributed by atoms with Gasteiger partial charge in [-0.25, -0.2) is 0 Å². The van der Waals surface area contributed by atoms with Crippen molar-refractivity contribution in [2.75, 3.05) is 5.32 Å². The Labute approximate surface area is 162 Å². The molecule has 0 fully saturated rings. The number of nitrogens with one attached hydrogen (secondary N) is 2. The van der Waals surface area contributed by atoms with Crippen LogP contribution in [0.2, 0.25) is 0 Å². The van der Waals surface area contributed by atoms with Crippen molar-refractivity contribution in [2.24, 2.45) is 0 Å². The number of aryl methyl sites for hydroxylation is 1. The van der Waals surface area contributed by atoms with Crippen LogP contribution in [0.3, 0.4) is 0 Å². The molecule has 0 aliphatic carbocycles. The minimum absolute atomic E-state index is 0.104. The van der Waals surface area contributed by atoms with Crippen LogP contribution in [0.15, 0.2) is 48.5 Å². The fourth-order valence-electron chi connectivity index (χ4n) is 2.94. The predicted molar refractivity (Wildman–Crippen MR) is 111 cm³/mol. The van der Waals surface area contributed by atoms with Gasteiger partial charge in [-0.2, -0.15) is 0 Å². The number of amides is 2. The minimum atomic E-state index is -0.180. The molecule has 4 heteroatoms. The van der Waals surface area contributed by atoms with Crippen molar-refractivity contribution in [3.63, 3.8) is 0 Å². The molecule has 2 aromatic carbocycles. The monoisotopic (exact) mass is 366 g/mol. The zero-order valence-corrected chi connectivity index (χ0v) is 16.5. The molecule has 0 radical (unpaired) electrons. The van der Waals surface area contributed by atoms with E-state index in [0.29, 0.717) is 16.8 Å². The van der Waals surface area contributed by atoms with Gasteiger partial charge in [0.1, 0.15) is 0 Å². The number of hydrogen-bond acceptors (Lipinski definition) is 2. The molecule has 0 aliphatic heterocycles. The summed E-state index contributed by atoms with van der Waals surface area (Å²) >= 11 is 0. The van der Waals surface area contributed by atoms with Crippen molar-refractivity contribution in [3.05, 3.63) is 65.2 Å².